The van der Waals surface area contributed by atoms with Crippen molar-refractivity contribution in [3.63, 3.8) is 0 Å². The minimum atomic E-state index is -0.113. The van der Waals surface area contributed by atoms with E-state index in [1.807, 2.05) is 30.3 Å². The maximum atomic E-state index is 11.3. The number of fused-ring (bicyclic) bond motifs is 1. The summed E-state index contributed by atoms with van der Waals surface area (Å²) in [6.07, 6.45) is 3.25. The van der Waals surface area contributed by atoms with Crippen LogP contribution in [-0.4, -0.2) is 17.8 Å². The summed E-state index contributed by atoms with van der Waals surface area (Å²) >= 11 is 7.93. The lowest BCUT2D eigenvalue weighted by atomic mass is 10.2. The molecule has 0 saturated heterocycles. The Kier molecular flexibility index (Phi) is 7.41. The van der Waals surface area contributed by atoms with E-state index >= 15 is 0 Å². The average Bonchev–Trinajstić information content (AvgIpc) is 2.68. The predicted octanol–water partition coefficient (Wildman–Crippen LogP) is 5.50. The fraction of sp³-hybridized carbons (Fsp3) is 0.158. The number of H-pyrrole nitrogens is 1. The quantitative estimate of drug-likeness (QED) is 0.133. The highest BCUT2D eigenvalue weighted by Crippen LogP contribution is 2.33. The van der Waals surface area contributed by atoms with Crippen molar-refractivity contribution in [2.24, 2.45) is 5.16 Å². The minimum absolute atomic E-state index is 0.113. The smallest absolute Gasteiger partial charge is 0.248 e. The molecule has 0 radical (unpaired) electrons. The summed E-state index contributed by atoms with van der Waals surface area (Å²) in [6, 6.07) is 12.6. The molecule has 0 unspecified atom stereocenters. The number of anilines is 1. The number of rotatable bonds is 8. The van der Waals surface area contributed by atoms with Crippen molar-refractivity contribution in [2.45, 2.75) is 17.7 Å². The van der Waals surface area contributed by atoms with Crippen molar-refractivity contribution in [3.8, 4) is 5.75 Å². The molecule has 2 aromatic carbocycles. The van der Waals surface area contributed by atoms with Gasteiger partial charge in [0.15, 0.2) is 0 Å². The Hall–Kier alpha value is -1.97. The maximum absolute atomic E-state index is 11.3. The lowest BCUT2D eigenvalue weighted by Crippen LogP contribution is -2.02. The van der Waals surface area contributed by atoms with Crippen LogP contribution in [0.4, 0.5) is 5.69 Å². The van der Waals surface area contributed by atoms with Crippen LogP contribution in [0.5, 0.6) is 5.75 Å². The minimum Gasteiger partial charge on any atom is -0.494 e. The molecule has 3 aromatic rings. The molecule has 0 aliphatic carbocycles. The van der Waals surface area contributed by atoms with Gasteiger partial charge >= 0.3 is 0 Å². The van der Waals surface area contributed by atoms with Gasteiger partial charge in [0.25, 0.3) is 0 Å². The van der Waals surface area contributed by atoms with Crippen molar-refractivity contribution in [3.05, 3.63) is 61.8 Å². The molecule has 0 bridgehead atoms. The molecule has 6 nitrogen and oxygen atoms in total. The van der Waals surface area contributed by atoms with Gasteiger partial charge in [-0.25, -0.2) is 0 Å². The Morgan fingerprint density at radius 3 is 2.71 bits per heavy atom. The summed E-state index contributed by atoms with van der Waals surface area (Å²) in [6.45, 7) is 0.561. The summed E-state index contributed by atoms with van der Waals surface area (Å²) in [5.74, 6) is 0.766. The molecule has 3 N–H and O–H groups in total. The zero-order chi connectivity index (χ0) is 19.9. The number of halogens is 2. The number of nitrogens with zero attached hydrogens (tertiary/aromatic N) is 1. The highest BCUT2D eigenvalue weighted by molar-refractivity contribution is 9.11. The first-order valence-electron chi connectivity index (χ1n) is 8.39. The average molecular weight is 527 g/mol. The molecule has 0 saturated carbocycles. The second-order valence-corrected chi connectivity index (χ2v) is 8.30. The number of pyridine rings is 1. The Balaban J connectivity index is 1.38. The van der Waals surface area contributed by atoms with Gasteiger partial charge in [-0.3, -0.25) is 4.79 Å². The molecule has 9 heteroatoms. The number of unbranched alkanes of at least 4 members (excludes halogenated alkanes) is 1. The van der Waals surface area contributed by atoms with Gasteiger partial charge in [0, 0.05) is 32.1 Å². The van der Waals surface area contributed by atoms with Crippen LogP contribution in [0.2, 0.25) is 0 Å². The number of nitrogen functional groups attached to an aromatic ring is 1. The van der Waals surface area contributed by atoms with Gasteiger partial charge < -0.3 is 19.7 Å². The van der Waals surface area contributed by atoms with Crippen molar-refractivity contribution in [1.82, 2.24) is 4.98 Å². The summed E-state index contributed by atoms with van der Waals surface area (Å²) < 4.78 is 12.6. The number of nitrogens with one attached hydrogen (secondary N) is 1. The third kappa shape index (κ3) is 5.76. The van der Waals surface area contributed by atoms with Crippen LogP contribution in [0.3, 0.4) is 0 Å². The maximum Gasteiger partial charge on any atom is 0.248 e. The number of benzene rings is 2. The van der Waals surface area contributed by atoms with Gasteiger partial charge in [0.1, 0.15) is 17.8 Å². The van der Waals surface area contributed by atoms with Gasteiger partial charge in [0.2, 0.25) is 5.56 Å². The van der Waals surface area contributed by atoms with E-state index in [9.17, 15) is 4.79 Å². The van der Waals surface area contributed by atoms with E-state index in [-0.39, 0.29) is 5.56 Å². The molecule has 3 rings (SSSR count). The SMILES string of the molecule is Nc1c(Br)cc(SON=CCCCOc2ccc3[nH]c(=O)ccc3c2)cc1Br. The first-order valence-corrected chi connectivity index (χ1v) is 10.7. The fourth-order valence-corrected chi connectivity index (χ4v) is 4.36. The molecule has 0 amide bonds. The Bertz CT molecular complexity index is 1030. The summed E-state index contributed by atoms with van der Waals surface area (Å²) in [5.41, 5.74) is 7.18. The number of hydrogen-bond donors (Lipinski definition) is 2. The van der Waals surface area contributed by atoms with Gasteiger partial charge in [0.05, 0.1) is 17.2 Å². The molecule has 28 heavy (non-hydrogen) atoms. The summed E-state index contributed by atoms with van der Waals surface area (Å²) in [7, 11) is 0. The predicted molar refractivity (Wildman–Crippen MR) is 121 cm³/mol. The lowest BCUT2D eigenvalue weighted by molar-refractivity contribution is 0.313. The second-order valence-electron chi connectivity index (χ2n) is 5.81. The van der Waals surface area contributed by atoms with Crippen LogP contribution in [0, 0.1) is 0 Å². The van der Waals surface area contributed by atoms with Crippen molar-refractivity contribution in [1.29, 1.82) is 0 Å². The van der Waals surface area contributed by atoms with Gasteiger partial charge in [-0.05, 0) is 81.1 Å². The number of aromatic nitrogens is 1. The van der Waals surface area contributed by atoms with E-state index in [0.29, 0.717) is 12.3 Å². The standard InChI is InChI=1S/C19H17Br2N3O3S/c20-15-10-14(11-16(21)19(15)22)28-27-23-7-1-2-8-26-13-4-5-17-12(9-13)3-6-18(25)24-17/h3-7,9-11H,1-2,8,22H2,(H,24,25). The van der Waals surface area contributed by atoms with E-state index in [4.69, 9.17) is 14.8 Å². The van der Waals surface area contributed by atoms with Crippen LogP contribution in [0.15, 0.2) is 66.3 Å². The number of hydrogen-bond acceptors (Lipinski definition) is 6. The largest absolute Gasteiger partial charge is 0.494 e. The first-order chi connectivity index (χ1) is 13.5. The van der Waals surface area contributed by atoms with E-state index in [1.54, 1.807) is 12.3 Å². The second kappa shape index (κ2) is 9.99. The topological polar surface area (TPSA) is 89.7 Å². The Morgan fingerprint density at radius 2 is 1.93 bits per heavy atom. The highest BCUT2D eigenvalue weighted by Gasteiger charge is 2.05. The number of ether oxygens (including phenoxy) is 1. The first kappa shape index (κ1) is 20.8. The van der Waals surface area contributed by atoms with E-state index in [0.717, 1.165) is 55.4 Å². The zero-order valence-corrected chi connectivity index (χ0v) is 18.6. The van der Waals surface area contributed by atoms with Gasteiger partial charge in [-0.2, -0.15) is 0 Å². The summed E-state index contributed by atoms with van der Waals surface area (Å²) in [4.78, 5) is 14.9. The Labute approximate surface area is 182 Å². The molecule has 1 heterocycles. The molecule has 0 aliphatic heterocycles. The van der Waals surface area contributed by atoms with Crippen LogP contribution in [0.25, 0.3) is 10.9 Å². The van der Waals surface area contributed by atoms with Gasteiger partial charge in [-0.15, -0.1) is 0 Å². The van der Waals surface area contributed by atoms with Crippen LogP contribution >= 0.6 is 43.9 Å². The molecule has 0 spiro atoms. The molecule has 146 valence electrons. The molecule has 1 aromatic heterocycles. The van der Waals surface area contributed by atoms with Gasteiger partial charge in [-0.1, -0.05) is 5.16 Å². The zero-order valence-electron chi connectivity index (χ0n) is 14.7. The fourth-order valence-electron chi connectivity index (χ4n) is 2.34. The number of nitrogens with two attached hydrogens (primary N) is 1. The molecule has 0 fully saturated rings. The van der Waals surface area contributed by atoms with E-state index in [1.165, 1.54) is 6.07 Å². The monoisotopic (exact) mass is 525 g/mol. The van der Waals surface area contributed by atoms with Crippen molar-refractivity contribution < 1.29 is 9.02 Å². The molecular weight excluding hydrogens is 510 g/mol. The molecule has 0 aliphatic rings. The van der Waals surface area contributed by atoms with E-state index < -0.39 is 0 Å². The van der Waals surface area contributed by atoms with Crippen molar-refractivity contribution in [2.75, 3.05) is 12.3 Å². The number of oxime groups is 1. The third-order valence-corrected chi connectivity index (χ3v) is 5.65. The van der Waals surface area contributed by atoms with Crippen LogP contribution < -0.4 is 16.0 Å². The van der Waals surface area contributed by atoms with E-state index in [2.05, 4.69) is 42.0 Å². The normalized spacial score (nSPS) is 11.2. The summed E-state index contributed by atoms with van der Waals surface area (Å²) in [5, 5.41) is 4.86. The molecular formula is C19H17Br2N3O3S. The van der Waals surface area contributed by atoms with Crippen LogP contribution in [0.1, 0.15) is 12.8 Å². The Morgan fingerprint density at radius 1 is 1.14 bits per heavy atom. The van der Waals surface area contributed by atoms with Crippen molar-refractivity contribution >= 4 is 66.7 Å². The number of aromatic amines is 1. The highest BCUT2D eigenvalue weighted by atomic mass is 79.9. The molecule has 0 atom stereocenters. The lowest BCUT2D eigenvalue weighted by Gasteiger charge is -2.06. The third-order valence-electron chi connectivity index (χ3n) is 3.75. The van der Waals surface area contributed by atoms with Crippen LogP contribution in [-0.2, 0) is 4.28 Å².